The third-order valence-electron chi connectivity index (χ3n) is 2.86. The van der Waals surface area contributed by atoms with Gasteiger partial charge in [0.25, 0.3) is 0 Å². The molecule has 0 aliphatic heterocycles. The molecule has 0 bridgehead atoms. The minimum Gasteiger partial charge on any atom is -0.289 e. The maximum absolute atomic E-state index is 13.0. The highest BCUT2D eigenvalue weighted by Gasteiger charge is 2.12. The molecule has 0 saturated carbocycles. The first-order valence-electron chi connectivity index (χ1n) is 6.15. The summed E-state index contributed by atoms with van der Waals surface area (Å²) in [5.41, 5.74) is 1.85. The molecule has 2 aromatic carbocycles. The van der Waals surface area contributed by atoms with Gasteiger partial charge in [0, 0.05) is 16.0 Å². The van der Waals surface area contributed by atoms with Crippen LogP contribution >= 0.6 is 11.8 Å². The molecule has 0 radical (unpaired) electrons. The van der Waals surface area contributed by atoms with E-state index in [1.807, 2.05) is 24.3 Å². The first kappa shape index (κ1) is 13.8. The van der Waals surface area contributed by atoms with Gasteiger partial charge >= 0.3 is 0 Å². The van der Waals surface area contributed by atoms with Gasteiger partial charge < -0.3 is 0 Å². The van der Waals surface area contributed by atoms with Crippen molar-refractivity contribution in [1.29, 1.82) is 0 Å². The summed E-state index contributed by atoms with van der Waals surface area (Å²) in [6.07, 6.45) is 0. The second kappa shape index (κ2) is 6.02. The van der Waals surface area contributed by atoms with Crippen molar-refractivity contribution in [2.24, 2.45) is 0 Å². The zero-order valence-corrected chi connectivity index (χ0v) is 11.8. The number of rotatable bonds is 4. The summed E-state index contributed by atoms with van der Waals surface area (Å²) in [7, 11) is 0. The van der Waals surface area contributed by atoms with Gasteiger partial charge in [0.15, 0.2) is 5.78 Å². The highest BCUT2D eigenvalue weighted by molar-refractivity contribution is 7.99. The minimum absolute atomic E-state index is 0.0643. The molecule has 0 saturated heterocycles. The fraction of sp³-hybridized carbons (Fsp3) is 0.188. The lowest BCUT2D eigenvalue weighted by atomic mass is 9.99. The smallest absolute Gasteiger partial charge is 0.193 e. The number of ketones is 1. The lowest BCUT2D eigenvalue weighted by molar-refractivity contribution is 0.103. The van der Waals surface area contributed by atoms with Crippen molar-refractivity contribution in [3.8, 4) is 0 Å². The average Bonchev–Trinajstić information content (AvgIpc) is 2.39. The monoisotopic (exact) mass is 274 g/mol. The van der Waals surface area contributed by atoms with Gasteiger partial charge in [-0.05, 0) is 60.7 Å². The molecule has 19 heavy (non-hydrogen) atoms. The quantitative estimate of drug-likeness (QED) is 0.604. The lowest BCUT2D eigenvalue weighted by Gasteiger charge is -2.06. The number of hydrogen-bond acceptors (Lipinski definition) is 2. The predicted molar refractivity (Wildman–Crippen MR) is 77.4 cm³/mol. The third kappa shape index (κ3) is 3.24. The topological polar surface area (TPSA) is 17.1 Å². The largest absolute Gasteiger partial charge is 0.289 e. The molecule has 0 fully saturated rings. The van der Waals surface area contributed by atoms with E-state index < -0.39 is 0 Å². The van der Waals surface area contributed by atoms with Crippen molar-refractivity contribution in [3.05, 3.63) is 65.0 Å². The summed E-state index contributed by atoms with van der Waals surface area (Å²) in [5.74, 6) is 0.624. The fourth-order valence-corrected chi connectivity index (χ4v) is 2.57. The molecule has 98 valence electrons. The summed E-state index contributed by atoms with van der Waals surface area (Å²) < 4.78 is 13.0. The van der Waals surface area contributed by atoms with Crippen LogP contribution in [-0.4, -0.2) is 11.5 Å². The maximum atomic E-state index is 13.0. The number of hydrogen-bond donors (Lipinski definition) is 0. The predicted octanol–water partition coefficient (Wildman–Crippen LogP) is 4.48. The zero-order chi connectivity index (χ0) is 13.8. The first-order chi connectivity index (χ1) is 9.11. The lowest BCUT2D eigenvalue weighted by Crippen LogP contribution is -2.03. The Hall–Kier alpha value is -1.61. The minimum atomic E-state index is -0.316. The van der Waals surface area contributed by atoms with Crippen LogP contribution in [0.1, 0.15) is 28.4 Å². The van der Waals surface area contributed by atoms with E-state index in [4.69, 9.17) is 0 Å². The summed E-state index contributed by atoms with van der Waals surface area (Å²) in [5, 5.41) is 0. The van der Waals surface area contributed by atoms with Crippen LogP contribution in [0.25, 0.3) is 0 Å². The molecule has 1 nitrogen and oxygen atoms in total. The second-order valence-corrected chi connectivity index (χ2v) is 5.58. The molecule has 2 aromatic rings. The molecule has 0 N–H and O–H groups in total. The summed E-state index contributed by atoms with van der Waals surface area (Å²) >= 11 is 1.74. The summed E-state index contributed by atoms with van der Waals surface area (Å²) in [6.45, 7) is 3.84. The molecular weight excluding hydrogens is 259 g/mol. The van der Waals surface area contributed by atoms with Crippen LogP contribution in [0.2, 0.25) is 0 Å². The summed E-state index contributed by atoms with van der Waals surface area (Å²) in [6, 6.07) is 11.8. The molecule has 0 amide bonds. The molecule has 0 heterocycles. The van der Waals surface area contributed by atoms with E-state index in [9.17, 15) is 9.18 Å². The van der Waals surface area contributed by atoms with Crippen LogP contribution in [0.4, 0.5) is 4.39 Å². The van der Waals surface area contributed by atoms with Crippen molar-refractivity contribution in [3.63, 3.8) is 0 Å². The molecule has 0 spiro atoms. The van der Waals surface area contributed by atoms with Crippen LogP contribution in [0.5, 0.6) is 0 Å². The SMILES string of the molecule is CCSc1ccc(C(=O)c2ccc(F)cc2C)cc1. The van der Waals surface area contributed by atoms with Gasteiger partial charge in [0.05, 0.1) is 0 Å². The molecule has 0 aliphatic rings. The Labute approximate surface area is 116 Å². The van der Waals surface area contributed by atoms with Crippen molar-refractivity contribution in [1.82, 2.24) is 0 Å². The van der Waals surface area contributed by atoms with Gasteiger partial charge in [-0.2, -0.15) is 0 Å². The van der Waals surface area contributed by atoms with E-state index in [1.165, 1.54) is 12.1 Å². The van der Waals surface area contributed by atoms with E-state index in [0.717, 1.165) is 10.6 Å². The number of aryl methyl sites for hydroxylation is 1. The number of carbonyl (C=O) groups excluding carboxylic acids is 1. The van der Waals surface area contributed by atoms with E-state index in [1.54, 1.807) is 24.8 Å². The number of halogens is 1. The molecule has 3 heteroatoms. The molecular formula is C16H15FOS. The van der Waals surface area contributed by atoms with Gasteiger partial charge in [0.1, 0.15) is 5.82 Å². The molecule has 2 rings (SSSR count). The van der Waals surface area contributed by atoms with Crippen LogP contribution < -0.4 is 0 Å². The Balaban J connectivity index is 2.28. The zero-order valence-electron chi connectivity index (χ0n) is 10.9. The van der Waals surface area contributed by atoms with Gasteiger partial charge in [-0.15, -0.1) is 11.8 Å². The van der Waals surface area contributed by atoms with E-state index >= 15 is 0 Å². The number of benzene rings is 2. The Bertz CT molecular complexity index is 590. The van der Waals surface area contributed by atoms with Gasteiger partial charge in [-0.1, -0.05) is 6.92 Å². The fourth-order valence-electron chi connectivity index (χ4n) is 1.91. The standard InChI is InChI=1S/C16H15FOS/c1-3-19-14-7-4-12(5-8-14)16(18)15-9-6-13(17)10-11(15)2/h4-10H,3H2,1-2H3. The van der Waals surface area contributed by atoms with Crippen molar-refractivity contribution >= 4 is 17.5 Å². The van der Waals surface area contributed by atoms with Gasteiger partial charge in [-0.3, -0.25) is 4.79 Å². The number of carbonyl (C=O) groups is 1. The molecule has 0 aromatic heterocycles. The highest BCUT2D eigenvalue weighted by Crippen LogP contribution is 2.20. The van der Waals surface area contributed by atoms with Crippen LogP contribution in [0, 0.1) is 12.7 Å². The Morgan fingerprint density at radius 2 is 1.84 bits per heavy atom. The normalized spacial score (nSPS) is 10.5. The first-order valence-corrected chi connectivity index (χ1v) is 7.14. The van der Waals surface area contributed by atoms with Crippen molar-refractivity contribution in [2.75, 3.05) is 5.75 Å². The Kier molecular flexibility index (Phi) is 4.38. The highest BCUT2D eigenvalue weighted by atomic mass is 32.2. The number of thioether (sulfide) groups is 1. The average molecular weight is 274 g/mol. The molecule has 0 atom stereocenters. The molecule has 0 aliphatic carbocycles. The van der Waals surface area contributed by atoms with Gasteiger partial charge in [0.2, 0.25) is 0 Å². The van der Waals surface area contributed by atoms with E-state index in [0.29, 0.717) is 16.7 Å². The Morgan fingerprint density at radius 1 is 1.16 bits per heavy atom. The maximum Gasteiger partial charge on any atom is 0.193 e. The second-order valence-electron chi connectivity index (χ2n) is 4.25. The van der Waals surface area contributed by atoms with Crippen LogP contribution in [-0.2, 0) is 0 Å². The van der Waals surface area contributed by atoms with Crippen molar-refractivity contribution in [2.45, 2.75) is 18.7 Å². The van der Waals surface area contributed by atoms with E-state index in [2.05, 4.69) is 6.92 Å². The van der Waals surface area contributed by atoms with Crippen LogP contribution in [0.15, 0.2) is 47.4 Å². The van der Waals surface area contributed by atoms with Crippen molar-refractivity contribution < 1.29 is 9.18 Å². The molecule has 0 unspecified atom stereocenters. The van der Waals surface area contributed by atoms with E-state index in [-0.39, 0.29) is 11.6 Å². The van der Waals surface area contributed by atoms with Gasteiger partial charge in [-0.25, -0.2) is 4.39 Å². The Morgan fingerprint density at radius 3 is 2.42 bits per heavy atom. The van der Waals surface area contributed by atoms with Crippen LogP contribution in [0.3, 0.4) is 0 Å². The summed E-state index contributed by atoms with van der Waals surface area (Å²) in [4.78, 5) is 13.5. The third-order valence-corrected chi connectivity index (χ3v) is 3.75.